The van der Waals surface area contributed by atoms with Crippen LogP contribution in [0.1, 0.15) is 22.7 Å². The van der Waals surface area contributed by atoms with E-state index in [4.69, 9.17) is 5.11 Å². The summed E-state index contributed by atoms with van der Waals surface area (Å²) >= 11 is 1.80. The van der Waals surface area contributed by atoms with Gasteiger partial charge >= 0.3 is 0 Å². The summed E-state index contributed by atoms with van der Waals surface area (Å²) in [6.45, 7) is 5.01. The summed E-state index contributed by atoms with van der Waals surface area (Å²) in [5.74, 6) is 0.865. The maximum absolute atomic E-state index is 8.93. The van der Waals surface area contributed by atoms with Gasteiger partial charge in [0.15, 0.2) is 0 Å². The molecule has 0 saturated carbocycles. The summed E-state index contributed by atoms with van der Waals surface area (Å²) in [4.78, 5) is 9.03. The van der Waals surface area contributed by atoms with Crippen molar-refractivity contribution in [1.82, 2.24) is 4.98 Å². The Labute approximate surface area is 124 Å². The number of nitrogens with zero attached hydrogens (tertiary/aromatic N) is 2. The number of hydrogen-bond donors (Lipinski definition) is 2. The molecule has 5 heteroatoms. The Morgan fingerprint density at radius 3 is 2.70 bits per heavy atom. The van der Waals surface area contributed by atoms with Crippen molar-refractivity contribution in [2.75, 3.05) is 30.4 Å². The zero-order valence-corrected chi connectivity index (χ0v) is 12.9. The van der Waals surface area contributed by atoms with E-state index in [1.807, 2.05) is 30.3 Å². The Bertz CT molecular complexity index is 538. The first-order valence-corrected chi connectivity index (χ1v) is 7.52. The fourth-order valence-corrected chi connectivity index (χ4v) is 2.84. The smallest absolute Gasteiger partial charge is 0.126 e. The van der Waals surface area contributed by atoms with E-state index in [1.165, 1.54) is 9.75 Å². The summed E-state index contributed by atoms with van der Waals surface area (Å²) in [5, 5.41) is 12.3. The summed E-state index contributed by atoms with van der Waals surface area (Å²) in [5.41, 5.74) is 1.00. The molecule has 1 atom stereocenters. The fourth-order valence-electron chi connectivity index (χ4n) is 1.96. The maximum Gasteiger partial charge on any atom is 0.126 e. The molecule has 0 bridgehead atoms. The number of nitrogens with one attached hydrogen (secondary N) is 1. The standard InChI is InChI=1S/C15H21N3OS/c1-11-4-6-14(20-11)12(2)17-15-7-5-13(10-16-15)18(3)8-9-19/h4-7,10,12,19H,8-9H2,1-3H3,(H,16,17). The van der Waals surface area contributed by atoms with Crippen LogP contribution in [-0.2, 0) is 0 Å². The van der Waals surface area contributed by atoms with Crippen LogP contribution in [0.4, 0.5) is 11.5 Å². The number of likely N-dealkylation sites (N-methyl/N-ethyl adjacent to an activating group) is 1. The number of anilines is 2. The molecule has 0 aliphatic carbocycles. The first-order valence-electron chi connectivity index (χ1n) is 6.71. The van der Waals surface area contributed by atoms with Gasteiger partial charge in [-0.05, 0) is 38.1 Å². The Kier molecular flexibility index (Phi) is 4.98. The third-order valence-electron chi connectivity index (χ3n) is 3.18. The van der Waals surface area contributed by atoms with Gasteiger partial charge in [-0.25, -0.2) is 4.98 Å². The van der Waals surface area contributed by atoms with Crippen molar-refractivity contribution in [1.29, 1.82) is 0 Å². The summed E-state index contributed by atoms with van der Waals surface area (Å²) in [7, 11) is 1.94. The van der Waals surface area contributed by atoms with E-state index in [1.54, 1.807) is 11.3 Å². The number of pyridine rings is 1. The molecule has 0 aliphatic rings. The lowest BCUT2D eigenvalue weighted by Gasteiger charge is -2.18. The van der Waals surface area contributed by atoms with Gasteiger partial charge in [-0.15, -0.1) is 11.3 Å². The quantitative estimate of drug-likeness (QED) is 0.859. The maximum atomic E-state index is 8.93. The predicted molar refractivity (Wildman–Crippen MR) is 85.7 cm³/mol. The lowest BCUT2D eigenvalue weighted by molar-refractivity contribution is 0.304. The number of aliphatic hydroxyl groups is 1. The SMILES string of the molecule is Cc1ccc(C(C)Nc2ccc(N(C)CCO)cn2)s1. The van der Waals surface area contributed by atoms with Crippen molar-refractivity contribution in [3.05, 3.63) is 40.2 Å². The summed E-state index contributed by atoms with van der Waals surface area (Å²) < 4.78 is 0. The third kappa shape index (κ3) is 3.71. The van der Waals surface area contributed by atoms with E-state index in [9.17, 15) is 0 Å². The van der Waals surface area contributed by atoms with Crippen LogP contribution < -0.4 is 10.2 Å². The van der Waals surface area contributed by atoms with E-state index in [0.29, 0.717) is 6.54 Å². The molecule has 108 valence electrons. The van der Waals surface area contributed by atoms with Crippen molar-refractivity contribution in [3.8, 4) is 0 Å². The second-order valence-corrected chi connectivity index (χ2v) is 6.18. The van der Waals surface area contributed by atoms with Crippen LogP contribution in [0.25, 0.3) is 0 Å². The fraction of sp³-hybridized carbons (Fsp3) is 0.400. The van der Waals surface area contributed by atoms with Gasteiger partial charge < -0.3 is 15.3 Å². The predicted octanol–water partition coefficient (Wildman–Crippen LogP) is 3.05. The monoisotopic (exact) mass is 291 g/mol. The van der Waals surface area contributed by atoms with E-state index in [2.05, 4.69) is 36.3 Å². The minimum Gasteiger partial charge on any atom is -0.395 e. The first kappa shape index (κ1) is 14.8. The highest BCUT2D eigenvalue weighted by molar-refractivity contribution is 7.12. The van der Waals surface area contributed by atoms with Crippen molar-refractivity contribution in [3.63, 3.8) is 0 Å². The zero-order valence-electron chi connectivity index (χ0n) is 12.1. The van der Waals surface area contributed by atoms with Gasteiger partial charge in [0.1, 0.15) is 5.82 Å². The largest absolute Gasteiger partial charge is 0.395 e. The first-order chi connectivity index (χ1) is 9.60. The molecule has 0 amide bonds. The third-order valence-corrected chi connectivity index (χ3v) is 4.36. The summed E-state index contributed by atoms with van der Waals surface area (Å²) in [6.07, 6.45) is 1.82. The van der Waals surface area contributed by atoms with E-state index >= 15 is 0 Å². The second kappa shape index (κ2) is 6.72. The van der Waals surface area contributed by atoms with Crippen LogP contribution >= 0.6 is 11.3 Å². The van der Waals surface area contributed by atoms with E-state index in [-0.39, 0.29) is 12.6 Å². The van der Waals surface area contributed by atoms with Gasteiger partial charge in [0.25, 0.3) is 0 Å². The molecule has 20 heavy (non-hydrogen) atoms. The lowest BCUT2D eigenvalue weighted by atomic mass is 10.2. The van der Waals surface area contributed by atoms with Gasteiger partial charge in [0.2, 0.25) is 0 Å². The molecule has 4 nitrogen and oxygen atoms in total. The molecule has 0 spiro atoms. The van der Waals surface area contributed by atoms with Crippen LogP contribution in [-0.4, -0.2) is 30.3 Å². The number of rotatable bonds is 6. The van der Waals surface area contributed by atoms with Gasteiger partial charge in [-0.1, -0.05) is 0 Å². The summed E-state index contributed by atoms with van der Waals surface area (Å²) in [6, 6.07) is 8.53. The minimum atomic E-state index is 0.144. The van der Waals surface area contributed by atoms with Gasteiger partial charge in [0, 0.05) is 23.3 Å². The van der Waals surface area contributed by atoms with Crippen molar-refractivity contribution < 1.29 is 5.11 Å². The molecule has 1 unspecified atom stereocenters. The molecular formula is C15H21N3OS. The average Bonchev–Trinajstić information content (AvgIpc) is 2.86. The van der Waals surface area contributed by atoms with Crippen molar-refractivity contribution in [2.24, 2.45) is 0 Å². The van der Waals surface area contributed by atoms with Crippen molar-refractivity contribution >= 4 is 22.8 Å². The molecule has 0 saturated heterocycles. The zero-order chi connectivity index (χ0) is 14.5. The molecule has 2 N–H and O–H groups in total. The van der Waals surface area contributed by atoms with Crippen LogP contribution in [0.2, 0.25) is 0 Å². The van der Waals surface area contributed by atoms with E-state index in [0.717, 1.165) is 11.5 Å². The molecule has 2 aromatic rings. The number of aromatic nitrogens is 1. The molecule has 2 rings (SSSR count). The second-order valence-electron chi connectivity index (χ2n) is 4.86. The highest BCUT2D eigenvalue weighted by Gasteiger charge is 2.08. The number of aliphatic hydroxyl groups excluding tert-OH is 1. The molecular weight excluding hydrogens is 270 g/mol. The molecule has 0 radical (unpaired) electrons. The Hall–Kier alpha value is -1.59. The Balaban J connectivity index is 2.00. The van der Waals surface area contributed by atoms with Gasteiger partial charge in [-0.3, -0.25) is 0 Å². The van der Waals surface area contributed by atoms with Gasteiger partial charge in [-0.2, -0.15) is 0 Å². The Morgan fingerprint density at radius 1 is 1.35 bits per heavy atom. The van der Waals surface area contributed by atoms with Crippen LogP contribution in [0.15, 0.2) is 30.5 Å². The number of aryl methyl sites for hydroxylation is 1. The lowest BCUT2D eigenvalue weighted by Crippen LogP contribution is -2.21. The average molecular weight is 291 g/mol. The van der Waals surface area contributed by atoms with Crippen LogP contribution in [0, 0.1) is 6.92 Å². The molecule has 2 heterocycles. The normalized spacial score (nSPS) is 12.2. The molecule has 2 aromatic heterocycles. The highest BCUT2D eigenvalue weighted by atomic mass is 32.1. The minimum absolute atomic E-state index is 0.144. The van der Waals surface area contributed by atoms with Crippen LogP contribution in [0.5, 0.6) is 0 Å². The highest BCUT2D eigenvalue weighted by Crippen LogP contribution is 2.25. The Morgan fingerprint density at radius 2 is 2.15 bits per heavy atom. The number of thiophene rings is 1. The molecule has 0 aromatic carbocycles. The van der Waals surface area contributed by atoms with E-state index < -0.39 is 0 Å². The van der Waals surface area contributed by atoms with Gasteiger partial charge in [0.05, 0.1) is 24.5 Å². The molecule has 0 fully saturated rings. The topological polar surface area (TPSA) is 48.4 Å². The number of hydrogen-bond acceptors (Lipinski definition) is 5. The van der Waals surface area contributed by atoms with Crippen molar-refractivity contribution in [2.45, 2.75) is 19.9 Å². The molecule has 0 aliphatic heterocycles. The van der Waals surface area contributed by atoms with Crippen LogP contribution in [0.3, 0.4) is 0 Å².